The van der Waals surface area contributed by atoms with E-state index < -0.39 is 0 Å². The van der Waals surface area contributed by atoms with E-state index in [2.05, 4.69) is 20.5 Å². The first-order valence-electron chi connectivity index (χ1n) is 8.79. The van der Waals surface area contributed by atoms with Crippen molar-refractivity contribution in [2.75, 3.05) is 18.4 Å². The van der Waals surface area contributed by atoms with Gasteiger partial charge >= 0.3 is 0 Å². The normalized spacial score (nSPS) is 19.5. The van der Waals surface area contributed by atoms with Gasteiger partial charge in [-0.3, -0.25) is 14.7 Å². The van der Waals surface area contributed by atoms with Crippen molar-refractivity contribution < 1.29 is 9.59 Å². The average molecular weight is 339 g/mol. The van der Waals surface area contributed by atoms with E-state index in [0.717, 1.165) is 43.4 Å². The van der Waals surface area contributed by atoms with Crippen molar-refractivity contribution in [3.05, 3.63) is 41.3 Å². The number of hydrogen-bond donors (Lipinski definition) is 2. The van der Waals surface area contributed by atoms with Gasteiger partial charge in [-0.25, -0.2) is 4.98 Å². The average Bonchev–Trinajstić information content (AvgIpc) is 3.26. The van der Waals surface area contributed by atoms with Gasteiger partial charge in [0, 0.05) is 30.5 Å². The zero-order chi connectivity index (χ0) is 17.2. The van der Waals surface area contributed by atoms with Crippen LogP contribution >= 0.6 is 0 Å². The second-order valence-electron chi connectivity index (χ2n) is 6.68. The Morgan fingerprint density at radius 2 is 2.16 bits per heavy atom. The quantitative estimate of drug-likeness (QED) is 0.892. The van der Waals surface area contributed by atoms with Gasteiger partial charge in [-0.15, -0.1) is 0 Å². The summed E-state index contributed by atoms with van der Waals surface area (Å²) in [5.74, 6) is 0.186. The summed E-state index contributed by atoms with van der Waals surface area (Å²) in [5.41, 5.74) is 2.69. The molecule has 0 bridgehead atoms. The number of pyridine rings is 1. The zero-order valence-electron chi connectivity index (χ0n) is 14.0. The standard InChI is InChI=1S/C18H21N5O2/c24-17(20-15-8-1-2-9-19-15)12-5-4-10-23(11-12)18(25)16-13-6-3-7-14(13)21-22-16/h1-2,8-9,12H,3-7,10-11H2,(H,21,22)(H,19,20,24). The number of rotatable bonds is 3. The van der Waals surface area contributed by atoms with Crippen LogP contribution in [-0.2, 0) is 17.6 Å². The number of aryl methyl sites for hydroxylation is 1. The summed E-state index contributed by atoms with van der Waals surface area (Å²) in [6.07, 6.45) is 6.18. The highest BCUT2D eigenvalue weighted by atomic mass is 16.2. The number of anilines is 1. The second kappa shape index (κ2) is 6.66. The van der Waals surface area contributed by atoms with E-state index in [1.54, 1.807) is 23.2 Å². The zero-order valence-corrected chi connectivity index (χ0v) is 14.0. The lowest BCUT2D eigenvalue weighted by molar-refractivity contribution is -0.121. The molecule has 1 fully saturated rings. The Hall–Kier alpha value is -2.70. The van der Waals surface area contributed by atoms with Crippen molar-refractivity contribution in [3.8, 4) is 0 Å². The first-order valence-corrected chi connectivity index (χ1v) is 8.79. The van der Waals surface area contributed by atoms with E-state index in [1.165, 1.54) is 0 Å². The Balaban J connectivity index is 1.43. The number of carbonyl (C=O) groups is 2. The molecule has 1 aliphatic carbocycles. The van der Waals surface area contributed by atoms with Crippen molar-refractivity contribution in [3.63, 3.8) is 0 Å². The summed E-state index contributed by atoms with van der Waals surface area (Å²) < 4.78 is 0. The smallest absolute Gasteiger partial charge is 0.274 e. The van der Waals surface area contributed by atoms with E-state index >= 15 is 0 Å². The molecule has 0 saturated carbocycles. The molecule has 25 heavy (non-hydrogen) atoms. The summed E-state index contributed by atoms with van der Waals surface area (Å²) in [7, 11) is 0. The van der Waals surface area contributed by atoms with E-state index in [4.69, 9.17) is 0 Å². The number of H-pyrrole nitrogens is 1. The molecule has 1 atom stereocenters. The lowest BCUT2D eigenvalue weighted by Crippen LogP contribution is -2.44. The molecule has 1 aliphatic heterocycles. The molecule has 3 heterocycles. The van der Waals surface area contributed by atoms with Gasteiger partial charge in [0.05, 0.1) is 5.92 Å². The van der Waals surface area contributed by atoms with Crippen LogP contribution in [0.5, 0.6) is 0 Å². The van der Waals surface area contributed by atoms with E-state index in [-0.39, 0.29) is 17.7 Å². The highest BCUT2D eigenvalue weighted by molar-refractivity contribution is 5.96. The highest BCUT2D eigenvalue weighted by Gasteiger charge is 2.32. The Bertz CT molecular complexity index is 786. The van der Waals surface area contributed by atoms with Crippen molar-refractivity contribution in [2.24, 2.45) is 5.92 Å². The first kappa shape index (κ1) is 15.8. The minimum absolute atomic E-state index is 0.0604. The molecule has 4 rings (SSSR count). The molecule has 2 amide bonds. The summed E-state index contributed by atoms with van der Waals surface area (Å²) in [5, 5.41) is 10.0. The number of amides is 2. The number of aromatic nitrogens is 3. The molecule has 0 aromatic carbocycles. The minimum atomic E-state index is -0.216. The summed E-state index contributed by atoms with van der Waals surface area (Å²) >= 11 is 0. The maximum Gasteiger partial charge on any atom is 0.274 e. The van der Waals surface area contributed by atoms with Crippen LogP contribution in [-0.4, -0.2) is 45.0 Å². The van der Waals surface area contributed by atoms with Crippen LogP contribution in [0.4, 0.5) is 5.82 Å². The van der Waals surface area contributed by atoms with Crippen LogP contribution in [0.25, 0.3) is 0 Å². The van der Waals surface area contributed by atoms with Crippen LogP contribution in [0.3, 0.4) is 0 Å². The van der Waals surface area contributed by atoms with Crippen molar-refractivity contribution >= 4 is 17.6 Å². The van der Waals surface area contributed by atoms with Gasteiger partial charge < -0.3 is 10.2 Å². The maximum absolute atomic E-state index is 12.8. The van der Waals surface area contributed by atoms with Crippen molar-refractivity contribution in [1.29, 1.82) is 0 Å². The largest absolute Gasteiger partial charge is 0.336 e. The molecular formula is C18H21N5O2. The number of aromatic amines is 1. The van der Waals surface area contributed by atoms with Crippen molar-refractivity contribution in [1.82, 2.24) is 20.1 Å². The number of nitrogens with zero attached hydrogens (tertiary/aromatic N) is 3. The topological polar surface area (TPSA) is 91.0 Å². The van der Waals surface area contributed by atoms with Crippen LogP contribution in [0.2, 0.25) is 0 Å². The Kier molecular flexibility index (Phi) is 4.21. The fraction of sp³-hybridized carbons (Fsp3) is 0.444. The molecule has 2 N–H and O–H groups in total. The van der Waals surface area contributed by atoms with E-state index in [1.807, 2.05) is 6.07 Å². The molecule has 1 saturated heterocycles. The van der Waals surface area contributed by atoms with Gasteiger partial charge in [0.1, 0.15) is 5.82 Å². The molecule has 7 nitrogen and oxygen atoms in total. The van der Waals surface area contributed by atoms with Crippen LogP contribution < -0.4 is 5.32 Å². The SMILES string of the molecule is O=C(Nc1ccccn1)C1CCCN(C(=O)c2n[nH]c3c2CCC3)C1. The van der Waals surface area contributed by atoms with Gasteiger partial charge in [0.25, 0.3) is 5.91 Å². The molecule has 0 radical (unpaired) electrons. The van der Waals surface area contributed by atoms with E-state index in [9.17, 15) is 9.59 Å². The predicted molar refractivity (Wildman–Crippen MR) is 92.1 cm³/mol. The molecule has 0 spiro atoms. The number of carbonyl (C=O) groups excluding carboxylic acids is 2. The third-order valence-electron chi connectivity index (χ3n) is 5.00. The van der Waals surface area contributed by atoms with Crippen LogP contribution in [0.15, 0.2) is 24.4 Å². The molecule has 2 aromatic rings. The molecular weight excluding hydrogens is 318 g/mol. The molecule has 130 valence electrons. The van der Waals surface area contributed by atoms with Gasteiger partial charge in [-0.1, -0.05) is 6.07 Å². The van der Waals surface area contributed by atoms with Crippen molar-refractivity contribution in [2.45, 2.75) is 32.1 Å². The third-order valence-corrected chi connectivity index (χ3v) is 5.00. The Morgan fingerprint density at radius 3 is 3.00 bits per heavy atom. The number of nitrogens with one attached hydrogen (secondary N) is 2. The lowest BCUT2D eigenvalue weighted by Gasteiger charge is -2.31. The highest BCUT2D eigenvalue weighted by Crippen LogP contribution is 2.26. The minimum Gasteiger partial charge on any atom is -0.336 e. The molecule has 2 aromatic heterocycles. The molecule has 2 aliphatic rings. The Morgan fingerprint density at radius 1 is 1.24 bits per heavy atom. The van der Waals surface area contributed by atoms with Crippen LogP contribution in [0.1, 0.15) is 41.0 Å². The number of fused-ring (bicyclic) bond motifs is 1. The summed E-state index contributed by atoms with van der Waals surface area (Å²) in [4.78, 5) is 31.2. The Labute approximate surface area is 145 Å². The summed E-state index contributed by atoms with van der Waals surface area (Å²) in [6.45, 7) is 1.10. The van der Waals surface area contributed by atoms with Gasteiger partial charge in [-0.2, -0.15) is 5.10 Å². The van der Waals surface area contributed by atoms with Gasteiger partial charge in [0.2, 0.25) is 5.91 Å². The number of likely N-dealkylation sites (tertiary alicyclic amines) is 1. The molecule has 7 heteroatoms. The van der Waals surface area contributed by atoms with E-state index in [0.29, 0.717) is 24.6 Å². The second-order valence-corrected chi connectivity index (χ2v) is 6.68. The maximum atomic E-state index is 12.8. The third kappa shape index (κ3) is 3.14. The van der Waals surface area contributed by atoms with Gasteiger partial charge in [-0.05, 0) is 44.2 Å². The fourth-order valence-electron chi connectivity index (χ4n) is 3.69. The molecule has 1 unspecified atom stereocenters. The summed E-state index contributed by atoms with van der Waals surface area (Å²) in [6, 6.07) is 5.40. The fourth-order valence-corrected chi connectivity index (χ4v) is 3.69. The first-order chi connectivity index (χ1) is 12.2. The monoisotopic (exact) mass is 339 g/mol. The van der Waals surface area contributed by atoms with Gasteiger partial charge in [0.15, 0.2) is 5.69 Å². The van der Waals surface area contributed by atoms with Crippen LogP contribution in [0, 0.1) is 5.92 Å². The number of hydrogen-bond acceptors (Lipinski definition) is 4. The number of piperidine rings is 1. The predicted octanol–water partition coefficient (Wildman–Crippen LogP) is 1.78. The lowest BCUT2D eigenvalue weighted by atomic mass is 9.96.